The monoisotopic (exact) mass is 382 g/mol. The maximum atomic E-state index is 14.0. The molecule has 24 heavy (non-hydrogen) atoms. The van der Waals surface area contributed by atoms with Crippen LogP contribution in [0.1, 0.15) is 5.69 Å². The Bertz CT molecular complexity index is 1040. The molecule has 0 atom stereocenters. The quantitative estimate of drug-likeness (QED) is 0.504. The maximum Gasteiger partial charge on any atom is 0.145 e. The van der Waals surface area contributed by atoms with E-state index < -0.39 is 0 Å². The highest BCUT2D eigenvalue weighted by atomic mass is 79.9. The number of halogens is 2. The third kappa shape index (κ3) is 2.49. The molecule has 4 aromatic rings. The van der Waals surface area contributed by atoms with Crippen LogP contribution in [-0.4, -0.2) is 19.5 Å². The number of fused-ring (bicyclic) bond motifs is 1. The van der Waals surface area contributed by atoms with Gasteiger partial charge in [-0.15, -0.1) is 0 Å². The van der Waals surface area contributed by atoms with E-state index in [1.165, 1.54) is 6.07 Å². The Labute approximate surface area is 146 Å². The van der Waals surface area contributed by atoms with E-state index in [1.807, 2.05) is 35.8 Å². The van der Waals surface area contributed by atoms with E-state index >= 15 is 0 Å². The Morgan fingerprint density at radius 3 is 2.71 bits per heavy atom. The van der Waals surface area contributed by atoms with Crippen molar-refractivity contribution < 1.29 is 4.39 Å². The van der Waals surface area contributed by atoms with E-state index in [1.54, 1.807) is 24.7 Å². The number of pyridine rings is 2. The van der Waals surface area contributed by atoms with Crippen LogP contribution in [0.15, 0.2) is 59.5 Å². The molecule has 0 saturated heterocycles. The van der Waals surface area contributed by atoms with Gasteiger partial charge in [-0.2, -0.15) is 0 Å². The summed E-state index contributed by atoms with van der Waals surface area (Å²) in [5.41, 5.74) is 4.12. The summed E-state index contributed by atoms with van der Waals surface area (Å²) in [6, 6.07) is 10.7. The van der Waals surface area contributed by atoms with E-state index in [4.69, 9.17) is 0 Å². The lowest BCUT2D eigenvalue weighted by Crippen LogP contribution is -1.99. The fourth-order valence-electron chi connectivity index (χ4n) is 2.61. The van der Waals surface area contributed by atoms with Gasteiger partial charge in [-0.1, -0.05) is 0 Å². The van der Waals surface area contributed by atoms with Crippen molar-refractivity contribution in [2.45, 2.75) is 6.92 Å². The predicted molar refractivity (Wildman–Crippen MR) is 94.5 cm³/mol. The van der Waals surface area contributed by atoms with E-state index in [9.17, 15) is 4.39 Å². The Kier molecular flexibility index (Phi) is 3.61. The Hall–Kier alpha value is -2.60. The third-order valence-corrected chi connectivity index (χ3v) is 4.43. The number of aryl methyl sites for hydroxylation is 1. The van der Waals surface area contributed by atoms with Gasteiger partial charge in [0, 0.05) is 17.5 Å². The van der Waals surface area contributed by atoms with Gasteiger partial charge in [0.1, 0.15) is 11.6 Å². The van der Waals surface area contributed by atoms with Gasteiger partial charge in [-0.3, -0.25) is 14.5 Å². The molecule has 0 aliphatic carbocycles. The molecule has 3 heterocycles. The van der Waals surface area contributed by atoms with Gasteiger partial charge in [0.15, 0.2) is 0 Å². The molecule has 3 aromatic heterocycles. The van der Waals surface area contributed by atoms with E-state index in [0.29, 0.717) is 15.9 Å². The molecule has 0 unspecified atom stereocenters. The van der Waals surface area contributed by atoms with Crippen LogP contribution in [0, 0.1) is 12.7 Å². The molecule has 0 aliphatic rings. The van der Waals surface area contributed by atoms with Crippen molar-refractivity contribution >= 4 is 27.0 Å². The van der Waals surface area contributed by atoms with Crippen LogP contribution in [0.4, 0.5) is 4.39 Å². The second-order valence-corrected chi connectivity index (χ2v) is 6.28. The lowest BCUT2D eigenvalue weighted by molar-refractivity contribution is 0.621. The number of rotatable bonds is 2. The van der Waals surface area contributed by atoms with Crippen LogP contribution in [0.3, 0.4) is 0 Å². The minimum absolute atomic E-state index is 0.328. The van der Waals surface area contributed by atoms with Crippen molar-refractivity contribution in [2.24, 2.45) is 0 Å². The summed E-state index contributed by atoms with van der Waals surface area (Å²) in [7, 11) is 0. The predicted octanol–water partition coefficient (Wildman–Crippen LogP) is 4.69. The number of hydrogen-bond donors (Lipinski definition) is 0. The van der Waals surface area contributed by atoms with E-state index in [2.05, 4.69) is 30.9 Å². The number of nitrogens with zero attached hydrogens (tertiary/aromatic N) is 4. The average Bonchev–Trinajstić information content (AvgIpc) is 2.97. The Morgan fingerprint density at radius 1 is 1.08 bits per heavy atom. The average molecular weight is 383 g/mol. The molecule has 4 rings (SSSR count). The van der Waals surface area contributed by atoms with Crippen LogP contribution < -0.4 is 0 Å². The van der Waals surface area contributed by atoms with E-state index in [-0.39, 0.29) is 5.82 Å². The van der Waals surface area contributed by atoms with E-state index in [0.717, 1.165) is 22.4 Å². The Balaban J connectivity index is 2.02. The summed E-state index contributed by atoms with van der Waals surface area (Å²) in [6.45, 7) is 1.93. The van der Waals surface area contributed by atoms with Gasteiger partial charge in [0.05, 0.1) is 33.6 Å². The van der Waals surface area contributed by atoms with Crippen molar-refractivity contribution in [2.75, 3.05) is 0 Å². The second kappa shape index (κ2) is 5.79. The largest absolute Gasteiger partial charge is 0.289 e. The standard InChI is InChI=1S/C18H12BrFN4/c1-11-2-4-13(9-22-11)24-17-10-21-7-6-16(17)23-18(24)12-3-5-14(19)15(20)8-12/h2-10H,1H3. The number of aromatic nitrogens is 4. The van der Waals surface area contributed by atoms with Gasteiger partial charge in [0.25, 0.3) is 0 Å². The zero-order valence-electron chi connectivity index (χ0n) is 12.7. The molecular formula is C18H12BrFN4. The van der Waals surface area contributed by atoms with Crippen molar-refractivity contribution in [3.8, 4) is 17.1 Å². The highest BCUT2D eigenvalue weighted by molar-refractivity contribution is 9.10. The summed E-state index contributed by atoms with van der Waals surface area (Å²) in [4.78, 5) is 13.2. The topological polar surface area (TPSA) is 43.6 Å². The third-order valence-electron chi connectivity index (χ3n) is 3.79. The van der Waals surface area contributed by atoms with Crippen molar-refractivity contribution in [3.63, 3.8) is 0 Å². The van der Waals surface area contributed by atoms with Crippen LogP contribution in [0.5, 0.6) is 0 Å². The minimum atomic E-state index is -0.328. The smallest absolute Gasteiger partial charge is 0.145 e. The van der Waals surface area contributed by atoms with Crippen molar-refractivity contribution in [1.82, 2.24) is 19.5 Å². The van der Waals surface area contributed by atoms with Crippen LogP contribution in [0.25, 0.3) is 28.1 Å². The summed E-state index contributed by atoms with van der Waals surface area (Å²) < 4.78 is 16.4. The molecule has 0 radical (unpaired) electrons. The molecule has 0 aliphatic heterocycles. The first-order valence-corrected chi connectivity index (χ1v) is 8.14. The highest BCUT2D eigenvalue weighted by Crippen LogP contribution is 2.29. The molecular weight excluding hydrogens is 371 g/mol. The second-order valence-electron chi connectivity index (χ2n) is 5.42. The molecule has 1 aromatic carbocycles. The molecule has 0 fully saturated rings. The maximum absolute atomic E-state index is 14.0. The fraction of sp³-hybridized carbons (Fsp3) is 0.0556. The summed E-state index contributed by atoms with van der Waals surface area (Å²) >= 11 is 3.19. The lowest BCUT2D eigenvalue weighted by atomic mass is 10.2. The summed E-state index contributed by atoms with van der Waals surface area (Å²) in [5, 5.41) is 0. The number of imidazole rings is 1. The van der Waals surface area contributed by atoms with Gasteiger partial charge < -0.3 is 0 Å². The molecule has 0 amide bonds. The molecule has 0 N–H and O–H groups in total. The zero-order valence-corrected chi connectivity index (χ0v) is 14.3. The van der Waals surface area contributed by atoms with Gasteiger partial charge in [0.2, 0.25) is 0 Å². The minimum Gasteiger partial charge on any atom is -0.289 e. The lowest BCUT2D eigenvalue weighted by Gasteiger charge is -2.09. The normalized spacial score (nSPS) is 11.1. The first-order chi connectivity index (χ1) is 11.6. The van der Waals surface area contributed by atoms with Crippen molar-refractivity contribution in [3.05, 3.63) is 71.0 Å². The fourth-order valence-corrected chi connectivity index (χ4v) is 2.85. The van der Waals surface area contributed by atoms with Gasteiger partial charge >= 0.3 is 0 Å². The number of benzene rings is 1. The highest BCUT2D eigenvalue weighted by Gasteiger charge is 2.15. The molecule has 0 saturated carbocycles. The molecule has 0 spiro atoms. The SMILES string of the molecule is Cc1ccc(-n2c(-c3ccc(Br)c(F)c3)nc3ccncc32)cn1. The first-order valence-electron chi connectivity index (χ1n) is 7.34. The molecule has 118 valence electrons. The molecule has 4 nitrogen and oxygen atoms in total. The van der Waals surface area contributed by atoms with Gasteiger partial charge in [-0.05, 0) is 59.3 Å². The van der Waals surface area contributed by atoms with Crippen LogP contribution in [-0.2, 0) is 0 Å². The zero-order chi connectivity index (χ0) is 16.7. The first kappa shape index (κ1) is 15.0. The Morgan fingerprint density at radius 2 is 1.96 bits per heavy atom. The van der Waals surface area contributed by atoms with Crippen LogP contribution in [0.2, 0.25) is 0 Å². The summed E-state index contributed by atoms with van der Waals surface area (Å²) in [6.07, 6.45) is 5.22. The molecule has 6 heteroatoms. The van der Waals surface area contributed by atoms with Gasteiger partial charge in [-0.25, -0.2) is 9.37 Å². The molecule has 0 bridgehead atoms. The van der Waals surface area contributed by atoms with Crippen LogP contribution >= 0.6 is 15.9 Å². The summed E-state index contributed by atoms with van der Waals surface area (Å²) in [5.74, 6) is 0.321. The van der Waals surface area contributed by atoms with Crippen molar-refractivity contribution in [1.29, 1.82) is 0 Å². The number of hydrogen-bond acceptors (Lipinski definition) is 3.